The largest absolute Gasteiger partial charge is 0.504 e. The Kier molecular flexibility index (Phi) is 6.67. The van der Waals surface area contributed by atoms with E-state index in [9.17, 15) is 14.7 Å². The van der Waals surface area contributed by atoms with Gasteiger partial charge in [-0.05, 0) is 60.2 Å². The van der Waals surface area contributed by atoms with E-state index in [2.05, 4.69) is 15.8 Å². The van der Waals surface area contributed by atoms with Gasteiger partial charge in [0.05, 0.1) is 23.9 Å². The van der Waals surface area contributed by atoms with Crippen LogP contribution in [0.3, 0.4) is 0 Å². The number of ether oxygens (including phenoxy) is 1. The molecule has 7 nitrogen and oxygen atoms in total. The number of nitrogens with one attached hydrogen (secondary N) is 2. The molecule has 0 atom stereocenters. The molecule has 2 amide bonds. The van der Waals surface area contributed by atoms with Crippen LogP contribution in [0.2, 0.25) is 5.02 Å². The van der Waals surface area contributed by atoms with Crippen molar-refractivity contribution in [2.75, 3.05) is 12.4 Å². The highest BCUT2D eigenvalue weighted by atomic mass is 35.5. The number of amides is 2. The number of nitrogens with zero attached hydrogens (tertiary/aromatic N) is 1. The Bertz CT molecular complexity index is 1100. The minimum atomic E-state index is -0.416. The van der Waals surface area contributed by atoms with Gasteiger partial charge in [0.1, 0.15) is 0 Å². The molecule has 0 bridgehead atoms. The third-order valence-corrected chi connectivity index (χ3v) is 4.44. The molecule has 8 heteroatoms. The molecule has 0 spiro atoms. The zero-order chi connectivity index (χ0) is 21.5. The van der Waals surface area contributed by atoms with Gasteiger partial charge in [0.15, 0.2) is 11.5 Å². The lowest BCUT2D eigenvalue weighted by Crippen LogP contribution is -2.18. The third kappa shape index (κ3) is 5.15. The van der Waals surface area contributed by atoms with Crippen LogP contribution >= 0.6 is 11.6 Å². The predicted octanol–water partition coefficient (Wildman–Crippen LogP) is 4.07. The number of hydrogen-bond donors (Lipinski definition) is 3. The maximum Gasteiger partial charge on any atom is 0.271 e. The van der Waals surface area contributed by atoms with E-state index in [0.29, 0.717) is 33.1 Å². The lowest BCUT2D eigenvalue weighted by molar-refractivity contribution is 0.0954. The summed E-state index contributed by atoms with van der Waals surface area (Å²) in [4.78, 5) is 24.5. The fourth-order valence-electron chi connectivity index (χ4n) is 2.55. The number of rotatable bonds is 6. The first kappa shape index (κ1) is 20.9. The van der Waals surface area contributed by atoms with E-state index in [1.807, 2.05) is 0 Å². The average Bonchev–Trinajstić information content (AvgIpc) is 2.75. The molecule has 3 N–H and O–H groups in total. The molecular formula is C22H18ClN3O4. The summed E-state index contributed by atoms with van der Waals surface area (Å²) >= 11 is 6.02. The van der Waals surface area contributed by atoms with Crippen LogP contribution in [0, 0.1) is 0 Å². The molecule has 0 saturated heterocycles. The Balaban J connectivity index is 1.60. The molecule has 0 saturated carbocycles. The van der Waals surface area contributed by atoms with E-state index >= 15 is 0 Å². The van der Waals surface area contributed by atoms with Gasteiger partial charge in [-0.15, -0.1) is 0 Å². The van der Waals surface area contributed by atoms with Gasteiger partial charge in [0.2, 0.25) is 0 Å². The fourth-order valence-corrected chi connectivity index (χ4v) is 2.77. The molecule has 3 rings (SSSR count). The van der Waals surface area contributed by atoms with E-state index in [1.165, 1.54) is 19.4 Å². The van der Waals surface area contributed by atoms with Gasteiger partial charge >= 0.3 is 0 Å². The van der Waals surface area contributed by atoms with Crippen LogP contribution in [0.25, 0.3) is 0 Å². The molecule has 152 valence electrons. The van der Waals surface area contributed by atoms with Crippen molar-refractivity contribution in [3.63, 3.8) is 0 Å². The molecular weight excluding hydrogens is 406 g/mol. The molecule has 0 fully saturated rings. The van der Waals surface area contributed by atoms with Crippen molar-refractivity contribution >= 4 is 35.3 Å². The number of halogens is 1. The van der Waals surface area contributed by atoms with Crippen LogP contribution in [0.4, 0.5) is 5.69 Å². The minimum absolute atomic E-state index is 0.0143. The molecule has 3 aromatic carbocycles. The number of aromatic hydroxyl groups is 1. The van der Waals surface area contributed by atoms with Gasteiger partial charge < -0.3 is 15.2 Å². The van der Waals surface area contributed by atoms with Crippen molar-refractivity contribution < 1.29 is 19.4 Å². The van der Waals surface area contributed by atoms with Crippen LogP contribution in [0.5, 0.6) is 11.5 Å². The summed E-state index contributed by atoms with van der Waals surface area (Å²) in [5.74, 6) is -0.437. The maximum atomic E-state index is 12.3. The van der Waals surface area contributed by atoms with Crippen molar-refractivity contribution in [2.24, 2.45) is 5.10 Å². The van der Waals surface area contributed by atoms with Gasteiger partial charge in [-0.3, -0.25) is 9.59 Å². The smallest absolute Gasteiger partial charge is 0.271 e. The SMILES string of the molecule is COc1cc(/C=N\NC(=O)c2ccc(NC(=O)c3ccccc3Cl)cc2)ccc1O. The van der Waals surface area contributed by atoms with Crippen molar-refractivity contribution in [1.29, 1.82) is 0 Å². The first-order valence-corrected chi connectivity index (χ1v) is 9.22. The molecule has 0 aliphatic heterocycles. The summed E-state index contributed by atoms with van der Waals surface area (Å²) in [7, 11) is 1.44. The van der Waals surface area contributed by atoms with E-state index in [1.54, 1.807) is 60.7 Å². The predicted molar refractivity (Wildman–Crippen MR) is 116 cm³/mol. The second-order valence-corrected chi connectivity index (χ2v) is 6.55. The quantitative estimate of drug-likeness (QED) is 0.411. The maximum absolute atomic E-state index is 12.3. The van der Waals surface area contributed by atoms with E-state index in [4.69, 9.17) is 16.3 Å². The number of benzene rings is 3. The number of carbonyl (C=O) groups is 2. The van der Waals surface area contributed by atoms with Crippen LogP contribution < -0.4 is 15.5 Å². The summed E-state index contributed by atoms with van der Waals surface area (Å²) in [6.07, 6.45) is 1.43. The Morgan fingerprint density at radius 3 is 2.47 bits per heavy atom. The molecule has 3 aromatic rings. The molecule has 0 aliphatic carbocycles. The Morgan fingerprint density at radius 1 is 1.03 bits per heavy atom. The van der Waals surface area contributed by atoms with E-state index in [0.717, 1.165) is 0 Å². The number of methoxy groups -OCH3 is 1. The van der Waals surface area contributed by atoms with Crippen LogP contribution in [0.1, 0.15) is 26.3 Å². The first-order chi connectivity index (χ1) is 14.5. The topological polar surface area (TPSA) is 100 Å². The standard InChI is InChI=1S/C22H18ClN3O4/c1-30-20-12-14(6-11-19(20)27)13-24-26-21(28)15-7-9-16(10-8-15)25-22(29)17-4-2-3-5-18(17)23/h2-13,27H,1H3,(H,25,29)(H,26,28)/b24-13-. The molecule has 0 aromatic heterocycles. The van der Waals surface area contributed by atoms with Gasteiger partial charge in [0, 0.05) is 11.3 Å². The second kappa shape index (κ2) is 9.58. The van der Waals surface area contributed by atoms with Crippen LogP contribution in [-0.2, 0) is 0 Å². The van der Waals surface area contributed by atoms with Gasteiger partial charge in [-0.1, -0.05) is 23.7 Å². The van der Waals surface area contributed by atoms with E-state index < -0.39 is 5.91 Å². The summed E-state index contributed by atoms with van der Waals surface area (Å²) in [5.41, 5.74) is 4.31. The summed E-state index contributed by atoms with van der Waals surface area (Å²) in [6, 6.07) is 17.8. The number of carbonyl (C=O) groups excluding carboxylic acids is 2. The van der Waals surface area contributed by atoms with Gasteiger partial charge in [-0.2, -0.15) is 5.10 Å². The number of hydrogen-bond acceptors (Lipinski definition) is 5. The normalized spacial score (nSPS) is 10.6. The zero-order valence-corrected chi connectivity index (χ0v) is 16.7. The monoisotopic (exact) mass is 423 g/mol. The number of anilines is 1. The van der Waals surface area contributed by atoms with Gasteiger partial charge in [-0.25, -0.2) is 5.43 Å². The Morgan fingerprint density at radius 2 is 1.77 bits per heavy atom. The summed E-state index contributed by atoms with van der Waals surface area (Å²) < 4.78 is 5.02. The number of hydrazone groups is 1. The average molecular weight is 424 g/mol. The highest BCUT2D eigenvalue weighted by Gasteiger charge is 2.10. The number of phenolic OH excluding ortho intramolecular Hbond substituents is 1. The Hall–Kier alpha value is -3.84. The lowest BCUT2D eigenvalue weighted by atomic mass is 10.1. The highest BCUT2D eigenvalue weighted by molar-refractivity contribution is 6.34. The van der Waals surface area contributed by atoms with Crippen LogP contribution in [-0.4, -0.2) is 30.2 Å². The van der Waals surface area contributed by atoms with Crippen molar-refractivity contribution in [3.05, 3.63) is 88.4 Å². The minimum Gasteiger partial charge on any atom is -0.504 e. The molecule has 0 radical (unpaired) electrons. The Labute approximate surface area is 178 Å². The highest BCUT2D eigenvalue weighted by Crippen LogP contribution is 2.25. The second-order valence-electron chi connectivity index (χ2n) is 6.14. The number of phenols is 1. The zero-order valence-electron chi connectivity index (χ0n) is 15.9. The van der Waals surface area contributed by atoms with Gasteiger partial charge in [0.25, 0.3) is 11.8 Å². The fraction of sp³-hybridized carbons (Fsp3) is 0.0455. The lowest BCUT2D eigenvalue weighted by Gasteiger charge is -2.07. The molecule has 0 heterocycles. The van der Waals surface area contributed by atoms with Crippen molar-refractivity contribution in [2.45, 2.75) is 0 Å². The van der Waals surface area contributed by atoms with Crippen LogP contribution in [0.15, 0.2) is 71.8 Å². The van der Waals surface area contributed by atoms with Crippen molar-refractivity contribution in [3.8, 4) is 11.5 Å². The van der Waals surface area contributed by atoms with E-state index in [-0.39, 0.29) is 11.7 Å². The third-order valence-electron chi connectivity index (χ3n) is 4.11. The van der Waals surface area contributed by atoms with Crippen molar-refractivity contribution in [1.82, 2.24) is 5.43 Å². The molecule has 30 heavy (non-hydrogen) atoms. The summed E-state index contributed by atoms with van der Waals surface area (Å²) in [6.45, 7) is 0. The summed E-state index contributed by atoms with van der Waals surface area (Å²) in [5, 5.41) is 16.6. The first-order valence-electron chi connectivity index (χ1n) is 8.84. The molecule has 0 aliphatic rings. The molecule has 0 unspecified atom stereocenters.